The van der Waals surface area contributed by atoms with Gasteiger partial charge in [0.2, 0.25) is 0 Å². The van der Waals surface area contributed by atoms with E-state index in [2.05, 4.69) is 15.0 Å². The van der Waals surface area contributed by atoms with E-state index in [1.807, 2.05) is 30.3 Å². The summed E-state index contributed by atoms with van der Waals surface area (Å²) in [5.41, 5.74) is 6.93. The number of carboxylic acid groups (broad SMARTS) is 3. The van der Waals surface area contributed by atoms with Gasteiger partial charge >= 0.3 is 17.9 Å². The fourth-order valence-electron chi connectivity index (χ4n) is 4.95. The second-order valence-corrected chi connectivity index (χ2v) is 11.1. The Hall–Kier alpha value is -7.73. The second kappa shape index (κ2) is 17.3. The van der Waals surface area contributed by atoms with E-state index in [-0.39, 0.29) is 16.7 Å². The summed E-state index contributed by atoms with van der Waals surface area (Å²) in [6.45, 7) is 0.718. The van der Waals surface area contributed by atoms with Gasteiger partial charge in [0.25, 0.3) is 12.9 Å². The van der Waals surface area contributed by atoms with Crippen molar-refractivity contribution < 1.29 is 48.8 Å². The maximum Gasteiger partial charge on any atom is 0.335 e. The minimum Gasteiger partial charge on any atom is -0.478 e. The van der Waals surface area contributed by atoms with Gasteiger partial charge in [-0.25, -0.2) is 14.4 Å². The standard InChI is InChI=1S/C27H18O6.C14H10N2O4/c28-16-33-25-11-9-19(10-12-25)24-14-22(17-1-5-20(6-2-17)26(29)30)13-23(15-24)18-3-7-21(8-4-18)27(31)32;17-9-20-13-7-5-12(6-8-13)16-15-11-3-1-10(2-4-11)14(18)19/h1-16H,(H,29,30)(H,31,32);1-9H,(H,18,19). The summed E-state index contributed by atoms with van der Waals surface area (Å²) in [5, 5.41) is 35.1. The second-order valence-electron chi connectivity index (χ2n) is 11.1. The highest BCUT2D eigenvalue weighted by atomic mass is 16.5. The predicted octanol–water partition coefficient (Wildman–Crippen LogP) is 8.95. The van der Waals surface area contributed by atoms with Gasteiger partial charge in [-0.3, -0.25) is 9.59 Å². The van der Waals surface area contributed by atoms with Crippen molar-refractivity contribution in [2.24, 2.45) is 10.2 Å². The Morgan fingerprint density at radius 2 is 0.660 bits per heavy atom. The van der Waals surface area contributed by atoms with Crippen LogP contribution in [-0.4, -0.2) is 46.2 Å². The molecule has 0 spiro atoms. The van der Waals surface area contributed by atoms with Crippen molar-refractivity contribution in [1.29, 1.82) is 0 Å². The Morgan fingerprint density at radius 3 is 0.962 bits per heavy atom. The topological polar surface area (TPSA) is 189 Å². The molecule has 0 aromatic heterocycles. The van der Waals surface area contributed by atoms with Gasteiger partial charge in [-0.2, -0.15) is 10.2 Å². The third-order valence-electron chi connectivity index (χ3n) is 7.65. The molecule has 12 nitrogen and oxygen atoms in total. The van der Waals surface area contributed by atoms with Crippen LogP contribution in [0.4, 0.5) is 11.4 Å². The van der Waals surface area contributed by atoms with Crippen molar-refractivity contribution in [1.82, 2.24) is 0 Å². The number of ether oxygens (including phenoxy) is 2. The van der Waals surface area contributed by atoms with Crippen LogP contribution in [0.15, 0.2) is 150 Å². The average molecular weight is 709 g/mol. The third-order valence-corrected chi connectivity index (χ3v) is 7.65. The molecule has 0 bridgehead atoms. The summed E-state index contributed by atoms with van der Waals surface area (Å²) in [6, 6.07) is 38.7. The summed E-state index contributed by atoms with van der Waals surface area (Å²) in [7, 11) is 0. The smallest absolute Gasteiger partial charge is 0.335 e. The van der Waals surface area contributed by atoms with E-state index in [0.717, 1.165) is 33.4 Å². The zero-order chi connectivity index (χ0) is 37.7. The summed E-state index contributed by atoms with van der Waals surface area (Å²) in [4.78, 5) is 53.8. The zero-order valence-electron chi connectivity index (χ0n) is 27.5. The zero-order valence-corrected chi connectivity index (χ0v) is 27.5. The fraction of sp³-hybridized carbons (Fsp3) is 0. The fourth-order valence-corrected chi connectivity index (χ4v) is 4.95. The number of carbonyl (C=O) groups excluding carboxylic acids is 2. The molecular weight excluding hydrogens is 680 g/mol. The van der Waals surface area contributed by atoms with Gasteiger partial charge in [0.15, 0.2) is 0 Å². The Labute approximate surface area is 301 Å². The predicted molar refractivity (Wildman–Crippen MR) is 194 cm³/mol. The molecule has 0 aliphatic carbocycles. The lowest BCUT2D eigenvalue weighted by Gasteiger charge is -2.12. The van der Waals surface area contributed by atoms with Crippen molar-refractivity contribution in [3.8, 4) is 44.9 Å². The van der Waals surface area contributed by atoms with E-state index < -0.39 is 17.9 Å². The average Bonchev–Trinajstić information content (AvgIpc) is 3.18. The van der Waals surface area contributed by atoms with E-state index in [0.29, 0.717) is 35.8 Å². The van der Waals surface area contributed by atoms with Crippen molar-refractivity contribution in [3.63, 3.8) is 0 Å². The van der Waals surface area contributed by atoms with E-state index >= 15 is 0 Å². The molecule has 262 valence electrons. The van der Waals surface area contributed by atoms with Gasteiger partial charge in [-0.1, -0.05) is 36.4 Å². The van der Waals surface area contributed by atoms with Gasteiger partial charge in [0, 0.05) is 0 Å². The van der Waals surface area contributed by atoms with Gasteiger partial charge in [0.05, 0.1) is 28.1 Å². The Morgan fingerprint density at radius 1 is 0.396 bits per heavy atom. The van der Waals surface area contributed by atoms with Crippen molar-refractivity contribution in [2.75, 3.05) is 0 Å². The number of nitrogens with zero attached hydrogens (tertiary/aromatic N) is 2. The van der Waals surface area contributed by atoms with Crippen LogP contribution in [0.2, 0.25) is 0 Å². The van der Waals surface area contributed by atoms with Crippen LogP contribution in [0, 0.1) is 0 Å². The molecule has 0 aliphatic heterocycles. The molecule has 53 heavy (non-hydrogen) atoms. The van der Waals surface area contributed by atoms with Crippen LogP contribution in [0.3, 0.4) is 0 Å². The van der Waals surface area contributed by atoms with E-state index in [1.54, 1.807) is 97.1 Å². The number of aromatic carboxylic acids is 3. The van der Waals surface area contributed by atoms with Crippen molar-refractivity contribution >= 4 is 42.2 Å². The summed E-state index contributed by atoms with van der Waals surface area (Å²) in [5.74, 6) is -2.12. The molecule has 3 N–H and O–H groups in total. The molecule has 0 amide bonds. The first-order chi connectivity index (χ1) is 25.6. The first kappa shape index (κ1) is 36.5. The quantitative estimate of drug-likeness (QED) is 0.0817. The van der Waals surface area contributed by atoms with Gasteiger partial charge in [0.1, 0.15) is 11.5 Å². The third kappa shape index (κ3) is 9.93. The summed E-state index contributed by atoms with van der Waals surface area (Å²) < 4.78 is 9.52. The highest BCUT2D eigenvalue weighted by molar-refractivity contribution is 5.90. The largest absolute Gasteiger partial charge is 0.478 e. The van der Waals surface area contributed by atoms with Crippen LogP contribution in [0.1, 0.15) is 31.1 Å². The minimum absolute atomic E-state index is 0.194. The Balaban J connectivity index is 0.000000231. The minimum atomic E-state index is -0.993. The van der Waals surface area contributed by atoms with Crippen LogP contribution in [-0.2, 0) is 9.59 Å². The molecule has 6 aromatic rings. The lowest BCUT2D eigenvalue weighted by molar-refractivity contribution is -0.121. The van der Waals surface area contributed by atoms with Crippen LogP contribution < -0.4 is 9.47 Å². The number of azo groups is 1. The van der Waals surface area contributed by atoms with Gasteiger partial charge in [-0.05, 0) is 137 Å². The first-order valence-corrected chi connectivity index (χ1v) is 15.6. The first-order valence-electron chi connectivity index (χ1n) is 15.6. The highest BCUT2D eigenvalue weighted by Crippen LogP contribution is 2.34. The number of hydrogen-bond acceptors (Lipinski definition) is 9. The maximum atomic E-state index is 11.2. The number of carbonyl (C=O) groups is 5. The molecule has 0 saturated heterocycles. The molecule has 0 heterocycles. The SMILES string of the molecule is O=COc1ccc(-c2cc(-c3ccc(C(=O)O)cc3)cc(-c3ccc(C(=O)O)cc3)c2)cc1.O=COc1ccc(N=Nc2ccc(C(=O)O)cc2)cc1. The van der Waals surface area contributed by atoms with Crippen molar-refractivity contribution in [2.45, 2.75) is 0 Å². The number of carboxylic acids is 3. The van der Waals surface area contributed by atoms with Crippen LogP contribution in [0.25, 0.3) is 33.4 Å². The lowest BCUT2D eigenvalue weighted by Crippen LogP contribution is -1.95. The molecule has 0 fully saturated rings. The summed E-state index contributed by atoms with van der Waals surface area (Å²) in [6.07, 6.45) is 0. The lowest BCUT2D eigenvalue weighted by atomic mass is 9.92. The molecule has 6 rings (SSSR count). The van der Waals surface area contributed by atoms with Gasteiger partial charge in [-0.15, -0.1) is 0 Å². The maximum absolute atomic E-state index is 11.2. The molecule has 0 saturated carbocycles. The molecule has 0 unspecified atom stereocenters. The molecule has 0 atom stereocenters. The Bertz CT molecular complexity index is 2190. The molecule has 12 heteroatoms. The Kier molecular flexibility index (Phi) is 11.9. The number of rotatable bonds is 12. The number of hydrogen-bond donors (Lipinski definition) is 3. The van der Waals surface area contributed by atoms with E-state index in [4.69, 9.17) is 9.84 Å². The van der Waals surface area contributed by atoms with E-state index in [9.17, 15) is 34.2 Å². The molecular formula is C41H28N2O10. The molecule has 0 aliphatic rings. The summed E-state index contributed by atoms with van der Waals surface area (Å²) >= 11 is 0. The normalized spacial score (nSPS) is 10.4. The van der Waals surface area contributed by atoms with Crippen LogP contribution >= 0.6 is 0 Å². The van der Waals surface area contributed by atoms with Crippen LogP contribution in [0.5, 0.6) is 11.5 Å². The molecule has 0 radical (unpaired) electrons. The highest BCUT2D eigenvalue weighted by Gasteiger charge is 2.11. The molecule has 6 aromatic carbocycles. The van der Waals surface area contributed by atoms with Gasteiger partial charge < -0.3 is 24.8 Å². The monoisotopic (exact) mass is 708 g/mol. The van der Waals surface area contributed by atoms with Crippen molar-refractivity contribution in [3.05, 3.63) is 156 Å². The van der Waals surface area contributed by atoms with E-state index in [1.165, 1.54) is 12.1 Å². The number of benzene rings is 6.